The van der Waals surface area contributed by atoms with E-state index in [0.29, 0.717) is 10.6 Å². The molecule has 3 aromatic rings. The second-order valence-corrected chi connectivity index (χ2v) is 8.53. The molecule has 1 fully saturated rings. The molecule has 6 N–H and O–H groups in total. The van der Waals surface area contributed by atoms with E-state index in [1.165, 1.54) is 16.9 Å². The van der Waals surface area contributed by atoms with E-state index in [0.717, 1.165) is 53.1 Å². The van der Waals surface area contributed by atoms with Crippen LogP contribution in [0.25, 0.3) is 22.4 Å². The number of amides is 1. The minimum atomic E-state index is -0.524. The summed E-state index contributed by atoms with van der Waals surface area (Å²) in [5, 5.41) is 0.782. The van der Waals surface area contributed by atoms with Gasteiger partial charge in [-0.25, -0.2) is 4.98 Å². The van der Waals surface area contributed by atoms with Crippen LogP contribution in [-0.2, 0) is 0 Å². The van der Waals surface area contributed by atoms with E-state index in [2.05, 4.69) is 36.1 Å². The highest BCUT2D eigenvalue weighted by Crippen LogP contribution is 2.37. The van der Waals surface area contributed by atoms with E-state index in [-0.39, 0.29) is 6.04 Å². The zero-order valence-electron chi connectivity index (χ0n) is 16.4. The summed E-state index contributed by atoms with van der Waals surface area (Å²) in [6.45, 7) is 3.79. The Balaban J connectivity index is 1.80. The van der Waals surface area contributed by atoms with Crippen molar-refractivity contribution in [2.75, 3.05) is 23.7 Å². The van der Waals surface area contributed by atoms with Crippen molar-refractivity contribution in [1.82, 2.24) is 4.98 Å². The number of nitrogens with two attached hydrogens (primary N) is 3. The maximum atomic E-state index is 11.8. The number of primary amides is 1. The molecule has 1 saturated heterocycles. The van der Waals surface area contributed by atoms with Crippen LogP contribution in [0.3, 0.4) is 0 Å². The average Bonchev–Trinajstić information content (AvgIpc) is 3.05. The molecule has 1 amide bonds. The molecule has 1 aliphatic rings. The van der Waals surface area contributed by atoms with Gasteiger partial charge in [-0.05, 0) is 37.0 Å². The Hall–Kier alpha value is -2.90. The van der Waals surface area contributed by atoms with Crippen LogP contribution < -0.4 is 22.1 Å². The van der Waals surface area contributed by atoms with Crippen molar-refractivity contribution in [3.8, 4) is 0 Å². The van der Waals surface area contributed by atoms with Crippen LogP contribution in [0.15, 0.2) is 30.3 Å². The highest BCUT2D eigenvalue weighted by molar-refractivity contribution is 7.21. The number of anilines is 2. The Morgan fingerprint density at radius 2 is 1.90 bits per heavy atom. The summed E-state index contributed by atoms with van der Waals surface area (Å²) in [7, 11) is 0. The van der Waals surface area contributed by atoms with E-state index >= 15 is 0 Å². The number of pyridine rings is 1. The zero-order valence-corrected chi connectivity index (χ0v) is 17.2. The Bertz CT molecular complexity index is 1080. The lowest BCUT2D eigenvalue weighted by Crippen LogP contribution is -2.40. The maximum absolute atomic E-state index is 11.8. The van der Waals surface area contributed by atoms with Crippen molar-refractivity contribution in [2.45, 2.75) is 25.8 Å². The largest absolute Gasteiger partial charge is 0.397 e. The normalized spacial score (nSPS) is 15.4. The summed E-state index contributed by atoms with van der Waals surface area (Å²) in [4.78, 5) is 19.9. The molecule has 0 atom stereocenters. The van der Waals surface area contributed by atoms with Gasteiger partial charge in [-0.3, -0.25) is 4.79 Å². The van der Waals surface area contributed by atoms with E-state index in [4.69, 9.17) is 22.2 Å². The minimum Gasteiger partial charge on any atom is -0.397 e. The fourth-order valence-electron chi connectivity index (χ4n) is 3.61. The molecule has 1 aliphatic heterocycles. The lowest BCUT2D eigenvalue weighted by atomic mass is 10.0. The molecule has 1 aromatic carbocycles. The van der Waals surface area contributed by atoms with Gasteiger partial charge in [-0.15, -0.1) is 11.3 Å². The lowest BCUT2D eigenvalue weighted by molar-refractivity contribution is 0.100. The third kappa shape index (κ3) is 3.97. The molecule has 0 unspecified atom stereocenters. The first-order chi connectivity index (χ1) is 13.9. The summed E-state index contributed by atoms with van der Waals surface area (Å²) in [6, 6.07) is 10.6. The van der Waals surface area contributed by atoms with Gasteiger partial charge in [0, 0.05) is 24.5 Å². The van der Waals surface area contributed by atoms with Crippen molar-refractivity contribution < 1.29 is 4.79 Å². The number of carbonyl (C=O) groups is 1. The number of aryl methyl sites for hydroxylation is 1. The van der Waals surface area contributed by atoms with E-state index in [9.17, 15) is 4.79 Å². The topological polar surface area (TPSA) is 111 Å². The van der Waals surface area contributed by atoms with E-state index in [1.807, 2.05) is 18.2 Å². The summed E-state index contributed by atoms with van der Waals surface area (Å²) in [5.74, 6) is 0.356. The van der Waals surface area contributed by atoms with Gasteiger partial charge in [0.05, 0.1) is 5.69 Å². The van der Waals surface area contributed by atoms with Gasteiger partial charge in [0.1, 0.15) is 15.5 Å². The summed E-state index contributed by atoms with van der Waals surface area (Å²) in [5.41, 5.74) is 21.5. The van der Waals surface area contributed by atoms with Crippen LogP contribution in [0.2, 0.25) is 0 Å². The average molecular weight is 408 g/mol. The number of thiophene rings is 1. The molecule has 2 aromatic heterocycles. The second kappa shape index (κ2) is 7.85. The number of aromatic nitrogens is 1. The van der Waals surface area contributed by atoms with Gasteiger partial charge in [-0.2, -0.15) is 0 Å². The Morgan fingerprint density at radius 1 is 1.21 bits per heavy atom. The molecular formula is C22H25N5OS. The fourth-order valence-corrected chi connectivity index (χ4v) is 4.58. The predicted molar refractivity (Wildman–Crippen MR) is 122 cm³/mol. The molecule has 0 saturated carbocycles. The summed E-state index contributed by atoms with van der Waals surface area (Å²) >= 11 is 1.25. The number of fused-ring (bicyclic) bond motifs is 1. The number of nitrogen functional groups attached to an aromatic ring is 1. The van der Waals surface area contributed by atoms with Crippen LogP contribution in [-0.4, -0.2) is 30.0 Å². The highest BCUT2D eigenvalue weighted by Gasteiger charge is 2.22. The first-order valence-electron chi connectivity index (χ1n) is 9.70. The van der Waals surface area contributed by atoms with Gasteiger partial charge in [0.15, 0.2) is 0 Å². The number of hydrogen-bond donors (Lipinski definition) is 3. The number of rotatable bonds is 4. The molecule has 7 heteroatoms. The smallest absolute Gasteiger partial charge is 0.260 e. The molecule has 0 aliphatic carbocycles. The molecule has 3 heterocycles. The highest BCUT2D eigenvalue weighted by atomic mass is 32.1. The van der Waals surface area contributed by atoms with Crippen LogP contribution in [0.5, 0.6) is 0 Å². The summed E-state index contributed by atoms with van der Waals surface area (Å²) < 4.78 is 0. The first-order valence-corrected chi connectivity index (χ1v) is 10.5. The van der Waals surface area contributed by atoms with E-state index < -0.39 is 5.91 Å². The first kappa shape index (κ1) is 19.4. The monoisotopic (exact) mass is 407 g/mol. The SMILES string of the molecule is Cc1ccc(C=Cc2cc(N3CCC(N)CC3)nc3sc(C(N)=O)c(N)c23)cc1. The molecule has 29 heavy (non-hydrogen) atoms. The third-order valence-electron chi connectivity index (χ3n) is 5.34. The van der Waals surface area contributed by atoms with Gasteiger partial charge in [0.2, 0.25) is 0 Å². The molecule has 0 spiro atoms. The Labute approximate surface area is 174 Å². The Morgan fingerprint density at radius 3 is 2.55 bits per heavy atom. The molecule has 150 valence electrons. The number of nitrogens with zero attached hydrogens (tertiary/aromatic N) is 2. The predicted octanol–water partition coefficient (Wildman–Crippen LogP) is 3.38. The number of carbonyl (C=O) groups excluding carboxylic acids is 1. The van der Waals surface area contributed by atoms with Crippen LogP contribution >= 0.6 is 11.3 Å². The minimum absolute atomic E-state index is 0.245. The molecule has 4 rings (SSSR count). The van der Waals surface area contributed by atoms with Crippen molar-refractivity contribution >= 4 is 51.1 Å². The van der Waals surface area contributed by atoms with Gasteiger partial charge >= 0.3 is 0 Å². The van der Waals surface area contributed by atoms with Gasteiger partial charge in [-0.1, -0.05) is 42.0 Å². The third-order valence-corrected chi connectivity index (χ3v) is 6.45. The van der Waals surface area contributed by atoms with Gasteiger partial charge < -0.3 is 22.1 Å². The lowest BCUT2D eigenvalue weighted by Gasteiger charge is -2.31. The molecule has 0 bridgehead atoms. The van der Waals surface area contributed by atoms with Crippen LogP contribution in [0.4, 0.5) is 11.5 Å². The zero-order chi connectivity index (χ0) is 20.5. The maximum Gasteiger partial charge on any atom is 0.260 e. The molecule has 0 radical (unpaired) electrons. The molecular weight excluding hydrogens is 382 g/mol. The number of hydrogen-bond acceptors (Lipinski definition) is 6. The second-order valence-electron chi connectivity index (χ2n) is 7.53. The Kier molecular flexibility index (Phi) is 5.25. The van der Waals surface area contributed by atoms with Crippen molar-refractivity contribution in [3.05, 3.63) is 51.9 Å². The quantitative estimate of drug-likeness (QED) is 0.614. The van der Waals surface area contributed by atoms with Crippen LogP contribution in [0.1, 0.15) is 39.2 Å². The van der Waals surface area contributed by atoms with Crippen molar-refractivity contribution in [2.24, 2.45) is 11.5 Å². The van der Waals surface area contributed by atoms with Crippen molar-refractivity contribution in [3.63, 3.8) is 0 Å². The summed E-state index contributed by atoms with van der Waals surface area (Å²) in [6.07, 6.45) is 5.95. The molecule has 6 nitrogen and oxygen atoms in total. The van der Waals surface area contributed by atoms with E-state index in [1.54, 1.807) is 0 Å². The fraction of sp³-hybridized carbons (Fsp3) is 0.273. The van der Waals surface area contributed by atoms with Crippen molar-refractivity contribution in [1.29, 1.82) is 0 Å². The van der Waals surface area contributed by atoms with Gasteiger partial charge in [0.25, 0.3) is 5.91 Å². The standard InChI is InChI=1S/C22H25N5OS/c1-13-2-4-14(5-3-13)6-7-15-12-17(27-10-8-16(23)9-11-27)26-22-18(15)19(24)20(29-22)21(25)28/h2-7,12,16H,8-11,23-24H2,1H3,(H2,25,28). The van der Waals surface area contributed by atoms with Crippen LogP contribution in [0, 0.1) is 6.92 Å². The number of piperidine rings is 1. The number of benzene rings is 1.